The molecule has 4 amide bonds. The SMILES string of the molecule is COc1ccccc1NC(=O)CN1C(=O)N/C(=C/c2ccccc2)C1=O. The number of urea groups is 1. The maximum Gasteiger partial charge on any atom is 0.329 e. The van der Waals surface area contributed by atoms with Gasteiger partial charge in [0.1, 0.15) is 18.0 Å². The van der Waals surface area contributed by atoms with Crippen LogP contribution in [-0.2, 0) is 9.59 Å². The van der Waals surface area contributed by atoms with Gasteiger partial charge in [-0.1, -0.05) is 42.5 Å². The molecule has 1 saturated heterocycles. The normalized spacial score (nSPS) is 15.1. The lowest BCUT2D eigenvalue weighted by molar-refractivity contribution is -0.127. The van der Waals surface area contributed by atoms with Gasteiger partial charge in [-0.3, -0.25) is 9.59 Å². The number of hydrogen-bond donors (Lipinski definition) is 2. The van der Waals surface area contributed by atoms with E-state index in [-0.39, 0.29) is 5.70 Å². The molecule has 1 aliphatic heterocycles. The van der Waals surface area contributed by atoms with Crippen LogP contribution in [-0.4, -0.2) is 36.4 Å². The van der Waals surface area contributed by atoms with Crippen molar-refractivity contribution in [1.29, 1.82) is 0 Å². The molecule has 0 saturated carbocycles. The quantitative estimate of drug-likeness (QED) is 0.639. The van der Waals surface area contributed by atoms with Crippen molar-refractivity contribution in [3.63, 3.8) is 0 Å². The summed E-state index contributed by atoms with van der Waals surface area (Å²) in [7, 11) is 1.49. The van der Waals surface area contributed by atoms with E-state index < -0.39 is 24.4 Å². The lowest BCUT2D eigenvalue weighted by Gasteiger charge is -2.13. The maximum absolute atomic E-state index is 12.4. The molecule has 0 spiro atoms. The van der Waals surface area contributed by atoms with Crippen molar-refractivity contribution in [2.75, 3.05) is 19.0 Å². The first-order valence-electron chi connectivity index (χ1n) is 7.91. The Bertz CT molecular complexity index is 877. The number of nitrogens with zero attached hydrogens (tertiary/aromatic N) is 1. The van der Waals surface area contributed by atoms with Crippen molar-refractivity contribution in [2.24, 2.45) is 0 Å². The van der Waals surface area contributed by atoms with Crippen molar-refractivity contribution in [3.05, 3.63) is 65.9 Å². The van der Waals surface area contributed by atoms with Gasteiger partial charge >= 0.3 is 6.03 Å². The zero-order chi connectivity index (χ0) is 18.5. The number of hydrogen-bond acceptors (Lipinski definition) is 4. The summed E-state index contributed by atoms with van der Waals surface area (Å²) in [6.07, 6.45) is 1.57. The zero-order valence-electron chi connectivity index (χ0n) is 14.1. The van der Waals surface area contributed by atoms with Crippen LogP contribution in [0, 0.1) is 0 Å². The highest BCUT2D eigenvalue weighted by molar-refractivity contribution is 6.16. The van der Waals surface area contributed by atoms with Crippen LogP contribution in [0.3, 0.4) is 0 Å². The summed E-state index contributed by atoms with van der Waals surface area (Å²) < 4.78 is 5.16. The minimum absolute atomic E-state index is 0.131. The molecule has 0 bridgehead atoms. The molecule has 0 unspecified atom stereocenters. The number of methoxy groups -OCH3 is 1. The molecule has 2 aromatic carbocycles. The first-order chi connectivity index (χ1) is 12.6. The average Bonchev–Trinajstić information content (AvgIpc) is 2.90. The Balaban J connectivity index is 1.70. The van der Waals surface area contributed by atoms with E-state index in [4.69, 9.17) is 4.74 Å². The van der Waals surface area contributed by atoms with Crippen LogP contribution in [0.25, 0.3) is 6.08 Å². The number of ether oxygens (including phenoxy) is 1. The van der Waals surface area contributed by atoms with Crippen LogP contribution in [0.4, 0.5) is 10.5 Å². The summed E-state index contributed by atoms with van der Waals surface area (Å²) in [6.45, 7) is -0.394. The highest BCUT2D eigenvalue weighted by Crippen LogP contribution is 2.23. The second kappa shape index (κ2) is 7.52. The molecular formula is C19H17N3O4. The topological polar surface area (TPSA) is 87.7 Å². The number of nitrogens with one attached hydrogen (secondary N) is 2. The Morgan fingerprint density at radius 2 is 1.81 bits per heavy atom. The minimum Gasteiger partial charge on any atom is -0.495 e. The number of para-hydroxylation sites is 2. The molecule has 26 heavy (non-hydrogen) atoms. The number of anilines is 1. The monoisotopic (exact) mass is 351 g/mol. The van der Waals surface area contributed by atoms with Crippen LogP contribution in [0.2, 0.25) is 0 Å². The molecule has 1 aliphatic rings. The van der Waals surface area contributed by atoms with Crippen LogP contribution in [0.1, 0.15) is 5.56 Å². The number of carbonyl (C=O) groups excluding carboxylic acids is 3. The molecular weight excluding hydrogens is 334 g/mol. The van der Waals surface area contributed by atoms with E-state index in [1.807, 2.05) is 30.3 Å². The van der Waals surface area contributed by atoms with E-state index in [1.54, 1.807) is 30.3 Å². The highest BCUT2D eigenvalue weighted by Gasteiger charge is 2.34. The predicted octanol–water partition coefficient (Wildman–Crippen LogP) is 2.23. The Labute approximate surface area is 150 Å². The van der Waals surface area contributed by atoms with Crippen molar-refractivity contribution < 1.29 is 19.1 Å². The van der Waals surface area contributed by atoms with Gasteiger partial charge in [0.05, 0.1) is 12.8 Å². The molecule has 2 aromatic rings. The number of rotatable bonds is 5. The third-order valence-electron chi connectivity index (χ3n) is 3.76. The van der Waals surface area contributed by atoms with E-state index in [0.29, 0.717) is 11.4 Å². The average molecular weight is 351 g/mol. The molecule has 0 aromatic heterocycles. The molecule has 0 aliphatic carbocycles. The largest absolute Gasteiger partial charge is 0.495 e. The van der Waals surface area contributed by atoms with Gasteiger partial charge in [-0.15, -0.1) is 0 Å². The van der Waals surface area contributed by atoms with Crippen LogP contribution in [0.5, 0.6) is 5.75 Å². The number of amides is 4. The fraction of sp³-hybridized carbons (Fsp3) is 0.105. The van der Waals surface area contributed by atoms with Crippen molar-refractivity contribution in [3.8, 4) is 5.75 Å². The summed E-state index contributed by atoms with van der Waals surface area (Å²) in [5.41, 5.74) is 1.37. The number of benzene rings is 2. The molecule has 1 fully saturated rings. The second-order valence-corrected chi connectivity index (χ2v) is 5.54. The first-order valence-corrected chi connectivity index (χ1v) is 7.91. The number of imide groups is 1. The highest BCUT2D eigenvalue weighted by atomic mass is 16.5. The van der Waals surface area contributed by atoms with Gasteiger partial charge < -0.3 is 15.4 Å². The lowest BCUT2D eigenvalue weighted by atomic mass is 10.2. The Hall–Kier alpha value is -3.61. The Morgan fingerprint density at radius 3 is 2.54 bits per heavy atom. The first kappa shape index (κ1) is 17.2. The minimum atomic E-state index is -0.632. The summed E-state index contributed by atoms with van der Waals surface area (Å²) in [5.74, 6) is -0.560. The zero-order valence-corrected chi connectivity index (χ0v) is 14.1. The van der Waals surface area contributed by atoms with E-state index in [2.05, 4.69) is 10.6 Å². The van der Waals surface area contributed by atoms with Gasteiger partial charge in [0, 0.05) is 0 Å². The predicted molar refractivity (Wildman–Crippen MR) is 96.3 cm³/mol. The van der Waals surface area contributed by atoms with E-state index >= 15 is 0 Å². The van der Waals surface area contributed by atoms with Gasteiger partial charge in [-0.05, 0) is 23.8 Å². The van der Waals surface area contributed by atoms with Crippen molar-refractivity contribution in [2.45, 2.75) is 0 Å². The summed E-state index contributed by atoms with van der Waals surface area (Å²) in [4.78, 5) is 37.5. The molecule has 132 valence electrons. The fourth-order valence-electron chi connectivity index (χ4n) is 2.51. The number of carbonyl (C=O) groups is 3. The fourth-order valence-corrected chi connectivity index (χ4v) is 2.51. The molecule has 3 rings (SSSR count). The van der Waals surface area contributed by atoms with Crippen LogP contribution >= 0.6 is 0 Å². The standard InChI is InChI=1S/C19H17N3O4/c1-26-16-10-6-5-9-14(16)20-17(23)12-22-18(24)15(21-19(22)25)11-13-7-3-2-4-8-13/h2-11H,12H2,1H3,(H,20,23)(H,21,25)/b15-11+. The van der Waals surface area contributed by atoms with Crippen LogP contribution < -0.4 is 15.4 Å². The van der Waals surface area contributed by atoms with Gasteiger partial charge in [0.2, 0.25) is 5.91 Å². The van der Waals surface area contributed by atoms with Gasteiger partial charge in [-0.2, -0.15) is 0 Å². The van der Waals surface area contributed by atoms with Crippen molar-refractivity contribution in [1.82, 2.24) is 10.2 Å². The van der Waals surface area contributed by atoms with Gasteiger partial charge in [0.15, 0.2) is 0 Å². The molecule has 1 heterocycles. The van der Waals surface area contributed by atoms with Gasteiger partial charge in [-0.25, -0.2) is 9.69 Å². The second-order valence-electron chi connectivity index (χ2n) is 5.54. The molecule has 7 heteroatoms. The molecule has 2 N–H and O–H groups in total. The summed E-state index contributed by atoms with van der Waals surface area (Å²) in [6, 6.07) is 15.4. The van der Waals surface area contributed by atoms with E-state index in [1.165, 1.54) is 7.11 Å². The molecule has 0 radical (unpaired) electrons. The van der Waals surface area contributed by atoms with Crippen LogP contribution in [0.15, 0.2) is 60.3 Å². The summed E-state index contributed by atoms with van der Waals surface area (Å²) in [5, 5.41) is 5.12. The third kappa shape index (κ3) is 3.72. The third-order valence-corrected chi connectivity index (χ3v) is 3.76. The molecule has 0 atom stereocenters. The van der Waals surface area contributed by atoms with Crippen molar-refractivity contribution >= 4 is 29.6 Å². The lowest BCUT2D eigenvalue weighted by Crippen LogP contribution is -2.38. The van der Waals surface area contributed by atoms with E-state index in [0.717, 1.165) is 10.5 Å². The Kier molecular flexibility index (Phi) is 4.98. The van der Waals surface area contributed by atoms with E-state index in [9.17, 15) is 14.4 Å². The summed E-state index contributed by atoms with van der Waals surface area (Å²) >= 11 is 0. The smallest absolute Gasteiger partial charge is 0.329 e. The van der Waals surface area contributed by atoms with Gasteiger partial charge in [0.25, 0.3) is 5.91 Å². The molecule has 7 nitrogen and oxygen atoms in total. The maximum atomic E-state index is 12.4. The Morgan fingerprint density at radius 1 is 1.12 bits per heavy atom.